The molecule has 2 aliphatic heterocycles. The summed E-state index contributed by atoms with van der Waals surface area (Å²) >= 11 is 0. The molecule has 2 aliphatic rings. The summed E-state index contributed by atoms with van der Waals surface area (Å²) in [5, 5.41) is 16.4. The lowest BCUT2D eigenvalue weighted by molar-refractivity contribution is 0.0232. The predicted octanol–water partition coefficient (Wildman–Crippen LogP) is 4.65. The van der Waals surface area contributed by atoms with Crippen molar-refractivity contribution in [3.63, 3.8) is 0 Å². The average Bonchev–Trinajstić information content (AvgIpc) is 3.76. The van der Waals surface area contributed by atoms with E-state index in [1.165, 1.54) is 89.6 Å². The highest BCUT2D eigenvalue weighted by Gasteiger charge is 2.50. The van der Waals surface area contributed by atoms with Gasteiger partial charge in [-0.3, -0.25) is 14.3 Å². The molecule has 1 aromatic heterocycles. The number of halogens is 4. The van der Waals surface area contributed by atoms with Gasteiger partial charge in [0.1, 0.15) is 18.4 Å². The second-order valence-corrected chi connectivity index (χ2v) is 13.8. The van der Waals surface area contributed by atoms with Crippen molar-refractivity contribution in [2.45, 2.75) is 24.4 Å². The van der Waals surface area contributed by atoms with E-state index in [9.17, 15) is 32.0 Å². The number of anilines is 2. The van der Waals surface area contributed by atoms with Crippen molar-refractivity contribution in [2.24, 2.45) is 0 Å². The van der Waals surface area contributed by atoms with Crippen LogP contribution in [-0.4, -0.2) is 86.0 Å². The van der Waals surface area contributed by atoms with Gasteiger partial charge in [-0.25, -0.2) is 17.2 Å². The Morgan fingerprint density at radius 1 is 1.06 bits per heavy atom. The van der Waals surface area contributed by atoms with Crippen molar-refractivity contribution in [1.82, 2.24) is 14.1 Å². The van der Waals surface area contributed by atoms with Crippen molar-refractivity contribution in [3.05, 3.63) is 107 Å². The first-order chi connectivity index (χ1) is 24.3. The van der Waals surface area contributed by atoms with Crippen molar-refractivity contribution < 1.29 is 45.0 Å². The Hall–Kier alpha value is -5.31. The number of nitriles is 1. The molecule has 51 heavy (non-hydrogen) atoms. The number of fused-ring (bicyclic) bond motifs is 3. The number of carbonyl (C=O) groups excluding carboxylic acids is 2. The highest BCUT2D eigenvalue weighted by molar-refractivity contribution is 7.89. The van der Waals surface area contributed by atoms with Gasteiger partial charge in [-0.1, -0.05) is 42.5 Å². The van der Waals surface area contributed by atoms with Crippen molar-refractivity contribution in [2.75, 3.05) is 49.4 Å². The lowest BCUT2D eigenvalue weighted by atomic mass is 9.99. The van der Waals surface area contributed by atoms with E-state index in [1.54, 1.807) is 6.07 Å². The molecule has 2 amide bonds. The number of rotatable bonds is 12. The van der Waals surface area contributed by atoms with Crippen LogP contribution in [0.15, 0.2) is 79.0 Å². The molecule has 0 aliphatic carbocycles. The molecule has 0 unspecified atom stereocenters. The number of sulfonamides is 1. The Kier molecular flexibility index (Phi) is 9.84. The van der Waals surface area contributed by atoms with E-state index in [-0.39, 0.29) is 58.2 Å². The van der Waals surface area contributed by atoms with Crippen LogP contribution < -0.4 is 15.0 Å². The van der Waals surface area contributed by atoms with Gasteiger partial charge in [0.15, 0.2) is 5.69 Å². The van der Waals surface area contributed by atoms with Crippen LogP contribution in [0, 0.1) is 11.3 Å². The number of alkyl halides is 4. The van der Waals surface area contributed by atoms with Crippen LogP contribution in [0.3, 0.4) is 0 Å². The molecule has 4 aromatic rings. The monoisotopic (exact) mass is 726 g/mol. The number of nitrogens with one attached hydrogen (secondary N) is 1. The minimum atomic E-state index is -4.08. The Bertz CT molecular complexity index is 2090. The molecular formula is C34H30F4N6O6S. The smallest absolute Gasteiger partial charge is 0.298 e. The molecule has 12 nitrogen and oxygen atoms in total. The number of benzene rings is 3. The summed E-state index contributed by atoms with van der Waals surface area (Å²) in [6, 6.07) is 16.7. The molecular weight excluding hydrogens is 696 g/mol. The molecule has 266 valence electrons. The van der Waals surface area contributed by atoms with E-state index in [4.69, 9.17) is 9.47 Å². The zero-order valence-corrected chi connectivity index (χ0v) is 27.7. The maximum absolute atomic E-state index is 15.4. The van der Waals surface area contributed by atoms with Crippen LogP contribution in [-0.2, 0) is 20.7 Å². The van der Waals surface area contributed by atoms with Crippen LogP contribution in [0.25, 0.3) is 0 Å². The molecule has 1 N–H and O–H groups in total. The summed E-state index contributed by atoms with van der Waals surface area (Å²) in [7, 11) is -2.71. The largest absolute Gasteiger partial charge is 0.495 e. The number of nitrogens with zero attached hydrogens (tertiary/aromatic N) is 5. The van der Waals surface area contributed by atoms with Crippen molar-refractivity contribution >= 4 is 33.2 Å². The fraction of sp³-hybridized carbons (Fsp3) is 0.294. The summed E-state index contributed by atoms with van der Waals surface area (Å²) in [6.07, 6.45) is -1.54. The van der Waals surface area contributed by atoms with Crippen molar-refractivity contribution in [1.29, 1.82) is 5.26 Å². The molecule has 1 fully saturated rings. The summed E-state index contributed by atoms with van der Waals surface area (Å²) in [5.74, 6) is -5.09. The number of carbonyl (C=O) groups is 2. The van der Waals surface area contributed by atoms with Crippen LogP contribution in [0.2, 0.25) is 0 Å². The first-order valence-corrected chi connectivity index (χ1v) is 17.1. The Morgan fingerprint density at radius 2 is 1.75 bits per heavy atom. The second-order valence-electron chi connectivity index (χ2n) is 11.7. The van der Waals surface area contributed by atoms with Gasteiger partial charge < -0.3 is 19.7 Å². The van der Waals surface area contributed by atoms with Crippen molar-refractivity contribution in [3.8, 4) is 11.8 Å². The molecule has 0 saturated carbocycles. The molecule has 6 rings (SSSR count). The van der Waals surface area contributed by atoms with E-state index >= 15 is 8.78 Å². The number of ether oxygens (including phenoxy) is 2. The summed E-state index contributed by atoms with van der Waals surface area (Å²) in [4.78, 5) is 28.9. The first kappa shape index (κ1) is 35.5. The predicted molar refractivity (Wildman–Crippen MR) is 176 cm³/mol. The summed E-state index contributed by atoms with van der Waals surface area (Å²) in [5.41, 5.74) is -0.335. The van der Waals surface area contributed by atoms with E-state index in [1.807, 2.05) is 6.07 Å². The maximum atomic E-state index is 15.4. The Morgan fingerprint density at radius 3 is 2.41 bits per heavy atom. The fourth-order valence-corrected chi connectivity index (χ4v) is 7.54. The fourth-order valence-electron chi connectivity index (χ4n) is 6.19. The number of aromatic nitrogens is 2. The average molecular weight is 727 g/mol. The van der Waals surface area contributed by atoms with E-state index in [0.29, 0.717) is 0 Å². The van der Waals surface area contributed by atoms with Gasteiger partial charge in [0.05, 0.1) is 49.0 Å². The van der Waals surface area contributed by atoms with Gasteiger partial charge >= 0.3 is 0 Å². The third kappa shape index (κ3) is 6.89. The molecule has 0 radical (unpaired) electrons. The van der Waals surface area contributed by atoms with E-state index in [0.717, 1.165) is 4.31 Å². The number of hydrogen-bond donors (Lipinski definition) is 1. The van der Waals surface area contributed by atoms with Gasteiger partial charge in [-0.15, -0.1) is 0 Å². The minimum absolute atomic E-state index is 0.0169. The Balaban J connectivity index is 1.34. The van der Waals surface area contributed by atoms with Gasteiger partial charge in [-0.2, -0.15) is 23.4 Å². The number of amides is 2. The van der Waals surface area contributed by atoms with E-state index in [2.05, 4.69) is 10.4 Å². The molecule has 3 aromatic carbocycles. The van der Waals surface area contributed by atoms with Gasteiger partial charge in [-0.05, 0) is 30.3 Å². The number of methoxy groups -OCH3 is 1. The molecule has 17 heteroatoms. The molecule has 3 heterocycles. The van der Waals surface area contributed by atoms with Gasteiger partial charge in [0.25, 0.3) is 24.2 Å². The lowest BCUT2D eigenvalue weighted by Gasteiger charge is -2.37. The molecule has 2 atom stereocenters. The molecule has 0 spiro atoms. The second kappa shape index (κ2) is 14.1. The highest BCUT2D eigenvalue weighted by Crippen LogP contribution is 2.41. The number of hydrogen-bond acceptors (Lipinski definition) is 8. The lowest BCUT2D eigenvalue weighted by Crippen LogP contribution is -2.51. The quantitative estimate of drug-likeness (QED) is 0.164. The standard InChI is InChI=1S/C34H30F4N6O6S/c1-49-29-12-7-21(15-22(29)16-39)32(45)41-26-17-40-44-28-19-42(51(47,48)14-13-50-20-30(35)36)18-27(28)43(33(46)31(26)44)25-10-8-24(9-11-25)34(37,38)23-5-3-2-4-6-23/h2-12,15,17,27-28,30H,13-14,18-20H2,1H3,(H,41,45)/t27-,28-/m0/s1. The third-order valence-electron chi connectivity index (χ3n) is 8.69. The zero-order chi connectivity index (χ0) is 36.5. The first-order valence-electron chi connectivity index (χ1n) is 15.5. The van der Waals surface area contributed by atoms with Crippen LogP contribution in [0.4, 0.5) is 28.9 Å². The molecule has 1 saturated heterocycles. The highest BCUT2D eigenvalue weighted by atomic mass is 32.2. The topological polar surface area (TPSA) is 147 Å². The minimum Gasteiger partial charge on any atom is -0.495 e. The zero-order valence-electron chi connectivity index (χ0n) is 26.9. The summed E-state index contributed by atoms with van der Waals surface area (Å²) in [6.45, 7) is -1.82. The van der Waals surface area contributed by atoms with Gasteiger partial charge in [0, 0.05) is 35.5 Å². The van der Waals surface area contributed by atoms with Crippen LogP contribution in [0.1, 0.15) is 43.6 Å². The molecule has 0 bridgehead atoms. The van der Waals surface area contributed by atoms with Gasteiger partial charge in [0.2, 0.25) is 10.0 Å². The normalized spacial score (nSPS) is 17.6. The third-order valence-corrected chi connectivity index (χ3v) is 10.5. The Labute approximate surface area is 289 Å². The maximum Gasteiger partial charge on any atom is 0.298 e. The van der Waals surface area contributed by atoms with E-state index < -0.39 is 65.2 Å². The SMILES string of the molecule is COc1ccc(C(=O)Nc2cnn3c2C(=O)N(c2ccc(C(F)(F)c4ccccc4)cc2)[C@H]2CN(S(=O)(=O)CCOCC(F)F)C[C@@H]23)cc1C#N. The summed E-state index contributed by atoms with van der Waals surface area (Å²) < 4.78 is 94.8. The van der Waals surface area contributed by atoms with Crippen LogP contribution in [0.5, 0.6) is 5.75 Å². The van der Waals surface area contributed by atoms with Crippen LogP contribution >= 0.6 is 0 Å².